The summed E-state index contributed by atoms with van der Waals surface area (Å²) >= 11 is 0. The molecule has 0 bridgehead atoms. The lowest BCUT2D eigenvalue weighted by Gasteiger charge is -2.36. The molecule has 0 radical (unpaired) electrons. The monoisotopic (exact) mass is 653 g/mol. The number of nitrogens with one attached hydrogen (secondary N) is 2. The molecule has 4 rings (SSSR count). The van der Waals surface area contributed by atoms with Crippen molar-refractivity contribution in [2.75, 3.05) is 45.7 Å². The van der Waals surface area contributed by atoms with Crippen molar-refractivity contribution in [3.05, 3.63) is 47.5 Å². The Bertz CT molecular complexity index is 1460. The fourth-order valence-corrected chi connectivity index (χ4v) is 6.09. The number of anilines is 1. The first-order valence-electron chi connectivity index (χ1n) is 16.5. The van der Waals surface area contributed by atoms with Crippen LogP contribution in [0.4, 0.5) is 10.1 Å². The average molecular weight is 654 g/mol. The first-order valence-corrected chi connectivity index (χ1v) is 16.5. The van der Waals surface area contributed by atoms with Crippen LogP contribution in [0.25, 0.3) is 0 Å². The molecule has 3 atom stereocenters. The number of likely N-dealkylation sites (N-methyl/N-ethyl adjacent to an activating group) is 1. The molecule has 2 fully saturated rings. The van der Waals surface area contributed by atoms with E-state index in [0.717, 1.165) is 12.8 Å². The number of piperazine rings is 1. The maximum atomic E-state index is 15.7. The minimum absolute atomic E-state index is 0.0761. The molecule has 12 nitrogen and oxygen atoms in total. The highest BCUT2D eigenvalue weighted by Crippen LogP contribution is 2.31. The number of hydrogen-bond donors (Lipinski definition) is 2. The van der Waals surface area contributed by atoms with E-state index in [1.165, 1.54) is 30.1 Å². The number of aryl methyl sites for hydroxylation is 1. The lowest BCUT2D eigenvalue weighted by Crippen LogP contribution is -2.56. The molecule has 2 aliphatic rings. The van der Waals surface area contributed by atoms with E-state index in [2.05, 4.69) is 32.5 Å². The summed E-state index contributed by atoms with van der Waals surface area (Å²) in [5.74, 6) is -2.95. The van der Waals surface area contributed by atoms with Crippen LogP contribution in [-0.2, 0) is 25.7 Å². The Kier molecular flexibility index (Phi) is 12.4. The van der Waals surface area contributed by atoms with Gasteiger partial charge in [0.05, 0.1) is 5.69 Å². The molecule has 1 aliphatic carbocycles. The third-order valence-corrected chi connectivity index (χ3v) is 9.46. The third-order valence-electron chi connectivity index (χ3n) is 9.46. The van der Waals surface area contributed by atoms with Gasteiger partial charge in [-0.2, -0.15) is 5.10 Å². The zero-order valence-corrected chi connectivity index (χ0v) is 28.3. The molecule has 47 heavy (non-hydrogen) atoms. The van der Waals surface area contributed by atoms with Gasteiger partial charge in [0, 0.05) is 57.9 Å². The van der Waals surface area contributed by atoms with Crippen LogP contribution >= 0.6 is 0 Å². The van der Waals surface area contributed by atoms with Gasteiger partial charge in [0.1, 0.15) is 29.4 Å². The van der Waals surface area contributed by atoms with Crippen LogP contribution in [0.5, 0.6) is 0 Å². The van der Waals surface area contributed by atoms with E-state index >= 15 is 4.39 Å². The van der Waals surface area contributed by atoms with Gasteiger partial charge < -0.3 is 25.2 Å². The largest absolute Gasteiger partial charge is 0.372 e. The summed E-state index contributed by atoms with van der Waals surface area (Å²) in [6.45, 7) is 10.3. The number of methoxy groups -OCH3 is 1. The molecule has 1 aliphatic heterocycles. The zero-order valence-electron chi connectivity index (χ0n) is 28.3. The van der Waals surface area contributed by atoms with Gasteiger partial charge in [-0.05, 0) is 63.4 Å². The lowest BCUT2D eigenvalue weighted by molar-refractivity contribution is -0.140. The summed E-state index contributed by atoms with van der Waals surface area (Å²) < 4.78 is 22.4. The van der Waals surface area contributed by atoms with Gasteiger partial charge in [-0.25, -0.2) is 9.38 Å². The standard InChI is InChI=1S/C34H48FN7O5/c1-7-42-28(14-15-36-42)32(44)39-30(24-10-8-21(2)9-11-24)33(45)37-27-13-12-25(20-26(27)35)22(3)29(38-31(43)23(4)47-6)34(46)41-18-16-40(5)17-19-41/h12-15,20-24,29H,7-11,16-19H2,1-6H3,(H,37,45)(H,38,43)/t21?,22-,23-,24?,29+/m0/s1. The number of nitrogens with zero attached hydrogens (tertiary/aromatic N) is 5. The normalized spacial score (nSPS) is 21.1. The second-order valence-corrected chi connectivity index (χ2v) is 12.8. The van der Waals surface area contributed by atoms with Crippen molar-refractivity contribution in [2.24, 2.45) is 16.8 Å². The highest BCUT2D eigenvalue weighted by Gasteiger charge is 2.34. The molecule has 13 heteroatoms. The Morgan fingerprint density at radius 1 is 1.06 bits per heavy atom. The van der Waals surface area contributed by atoms with Crippen LogP contribution in [0.1, 0.15) is 75.3 Å². The SMILES string of the molecule is CCn1nccc1C(=O)N=C(C(=O)Nc1ccc([C@H](C)[C@@H](NC(=O)[C@H](C)OC)C(=O)N2CCN(C)CC2)cc1F)C1CCC(C)CC1. The minimum atomic E-state index is -0.960. The van der Waals surface area contributed by atoms with Gasteiger partial charge in [0.25, 0.3) is 11.8 Å². The van der Waals surface area contributed by atoms with E-state index in [-0.39, 0.29) is 28.9 Å². The Morgan fingerprint density at radius 2 is 1.74 bits per heavy atom. The molecule has 0 unspecified atom stereocenters. The smallest absolute Gasteiger partial charge is 0.295 e. The first-order chi connectivity index (χ1) is 22.4. The second kappa shape index (κ2) is 16.2. The average Bonchev–Trinajstić information content (AvgIpc) is 3.56. The summed E-state index contributed by atoms with van der Waals surface area (Å²) in [6.07, 6.45) is 3.92. The lowest BCUT2D eigenvalue weighted by atomic mass is 9.80. The van der Waals surface area contributed by atoms with Crippen LogP contribution in [0.2, 0.25) is 0 Å². The van der Waals surface area contributed by atoms with Crippen molar-refractivity contribution >= 4 is 35.0 Å². The number of aromatic nitrogens is 2. The van der Waals surface area contributed by atoms with Gasteiger partial charge in [0.15, 0.2) is 0 Å². The maximum absolute atomic E-state index is 15.7. The first kappa shape index (κ1) is 35.9. The van der Waals surface area contributed by atoms with E-state index in [4.69, 9.17) is 4.74 Å². The van der Waals surface area contributed by atoms with Gasteiger partial charge in [-0.15, -0.1) is 0 Å². The molecular weight excluding hydrogens is 605 g/mol. The molecule has 4 amide bonds. The highest BCUT2D eigenvalue weighted by atomic mass is 19.1. The Morgan fingerprint density at radius 3 is 2.36 bits per heavy atom. The molecule has 2 heterocycles. The summed E-state index contributed by atoms with van der Waals surface area (Å²) in [7, 11) is 3.39. The number of aliphatic imine (C=N–C) groups is 1. The van der Waals surface area contributed by atoms with Gasteiger partial charge in [0.2, 0.25) is 11.8 Å². The number of ether oxygens (including phenoxy) is 1. The molecule has 2 aromatic rings. The molecule has 256 valence electrons. The number of halogens is 1. The van der Waals surface area contributed by atoms with Crippen molar-refractivity contribution in [3.63, 3.8) is 0 Å². The van der Waals surface area contributed by atoms with Crippen LogP contribution in [0.15, 0.2) is 35.5 Å². The molecular formula is C34H48FN7O5. The van der Waals surface area contributed by atoms with Crippen LogP contribution in [0, 0.1) is 17.7 Å². The summed E-state index contributed by atoms with van der Waals surface area (Å²) in [5, 5.41) is 9.59. The van der Waals surface area contributed by atoms with Crippen molar-refractivity contribution < 1.29 is 28.3 Å². The molecule has 1 saturated carbocycles. The van der Waals surface area contributed by atoms with E-state index in [9.17, 15) is 19.2 Å². The summed E-state index contributed by atoms with van der Waals surface area (Å²) in [5.41, 5.74) is 0.749. The predicted molar refractivity (Wildman–Crippen MR) is 177 cm³/mol. The van der Waals surface area contributed by atoms with Gasteiger partial charge >= 0.3 is 0 Å². The van der Waals surface area contributed by atoms with E-state index in [1.807, 2.05) is 14.0 Å². The number of rotatable bonds is 11. The van der Waals surface area contributed by atoms with E-state index < -0.39 is 41.6 Å². The second-order valence-electron chi connectivity index (χ2n) is 12.8. The van der Waals surface area contributed by atoms with E-state index in [1.54, 1.807) is 30.9 Å². The van der Waals surface area contributed by atoms with Crippen molar-refractivity contribution in [1.82, 2.24) is 24.9 Å². The van der Waals surface area contributed by atoms with Crippen LogP contribution < -0.4 is 10.6 Å². The van der Waals surface area contributed by atoms with Crippen molar-refractivity contribution in [3.8, 4) is 0 Å². The minimum Gasteiger partial charge on any atom is -0.372 e. The Labute approximate surface area is 276 Å². The zero-order chi connectivity index (χ0) is 34.2. The third kappa shape index (κ3) is 8.89. The molecule has 0 spiro atoms. The molecule has 1 saturated heterocycles. The van der Waals surface area contributed by atoms with E-state index in [0.29, 0.717) is 57.0 Å². The molecule has 1 aromatic heterocycles. The summed E-state index contributed by atoms with van der Waals surface area (Å²) in [6, 6.07) is 4.93. The Balaban J connectivity index is 1.57. The van der Waals surface area contributed by atoms with Crippen molar-refractivity contribution in [2.45, 2.75) is 78.0 Å². The number of benzene rings is 1. The van der Waals surface area contributed by atoms with Crippen LogP contribution in [-0.4, -0.2) is 101 Å². The maximum Gasteiger partial charge on any atom is 0.295 e. The predicted octanol–water partition coefficient (Wildman–Crippen LogP) is 3.49. The van der Waals surface area contributed by atoms with Crippen molar-refractivity contribution in [1.29, 1.82) is 0 Å². The van der Waals surface area contributed by atoms with Crippen LogP contribution in [0.3, 0.4) is 0 Å². The Hall–Kier alpha value is -3.97. The number of carbonyl (C=O) groups is 4. The quantitative estimate of drug-likeness (QED) is 0.354. The topological polar surface area (TPSA) is 138 Å². The number of carbonyl (C=O) groups excluding carboxylic acids is 4. The number of hydrogen-bond acceptors (Lipinski definition) is 7. The fourth-order valence-electron chi connectivity index (χ4n) is 6.09. The van der Waals surface area contributed by atoms with Gasteiger partial charge in [-0.3, -0.25) is 23.9 Å². The number of amides is 4. The molecule has 1 aromatic carbocycles. The fraction of sp³-hybridized carbons (Fsp3) is 0.588. The molecule has 2 N–H and O–H groups in total. The summed E-state index contributed by atoms with van der Waals surface area (Å²) in [4.78, 5) is 61.4. The van der Waals surface area contributed by atoms with Gasteiger partial charge in [-0.1, -0.05) is 32.8 Å². The highest BCUT2D eigenvalue weighted by molar-refractivity contribution is 6.45.